The molecule has 0 aromatic carbocycles. The van der Waals surface area contributed by atoms with Crippen LogP contribution < -0.4 is 5.32 Å². The molecule has 0 unspecified atom stereocenters. The third-order valence-electron chi connectivity index (χ3n) is 2.31. The minimum atomic E-state index is -0.571. The molecule has 2 heterocycles. The summed E-state index contributed by atoms with van der Waals surface area (Å²) in [6.45, 7) is 2.34. The average molecular weight is 259 g/mol. The second kappa shape index (κ2) is 5.85. The summed E-state index contributed by atoms with van der Waals surface area (Å²) in [5, 5.41) is 3.04. The largest absolute Gasteiger partial charge is 0.463 e. The Kier molecular flexibility index (Phi) is 3.97. The van der Waals surface area contributed by atoms with Crippen LogP contribution in [0.15, 0.2) is 24.7 Å². The van der Waals surface area contributed by atoms with E-state index >= 15 is 0 Å². The molecule has 0 radical (unpaired) electrons. The third-order valence-corrected chi connectivity index (χ3v) is 2.31. The molecule has 0 aliphatic rings. The number of anilines is 1. The fourth-order valence-electron chi connectivity index (χ4n) is 1.34. The smallest absolute Gasteiger partial charge is 0.376 e. The highest BCUT2D eigenvalue weighted by molar-refractivity contribution is 5.85. The van der Waals surface area contributed by atoms with E-state index < -0.39 is 5.97 Å². The first-order valence-corrected chi connectivity index (χ1v) is 5.62. The summed E-state index contributed by atoms with van der Waals surface area (Å²) < 4.78 is 4.55. The number of aromatic nitrogens is 4. The van der Waals surface area contributed by atoms with Gasteiger partial charge < -0.3 is 10.1 Å². The lowest BCUT2D eigenvalue weighted by Crippen LogP contribution is -2.10. The fraction of sp³-hybridized carbons (Fsp3) is 0.250. The Morgan fingerprint density at radius 1 is 1.32 bits per heavy atom. The van der Waals surface area contributed by atoms with E-state index in [2.05, 4.69) is 30.0 Å². The number of methoxy groups -OCH3 is 1. The molecule has 0 saturated carbocycles. The summed E-state index contributed by atoms with van der Waals surface area (Å²) in [4.78, 5) is 27.5. The van der Waals surface area contributed by atoms with Crippen molar-refractivity contribution in [2.75, 3.05) is 12.4 Å². The van der Waals surface area contributed by atoms with Crippen molar-refractivity contribution in [1.82, 2.24) is 19.9 Å². The predicted molar refractivity (Wildman–Crippen MR) is 67.5 cm³/mol. The molecule has 0 amide bonds. The van der Waals surface area contributed by atoms with E-state index in [9.17, 15) is 4.79 Å². The quantitative estimate of drug-likeness (QED) is 0.818. The van der Waals surface area contributed by atoms with Gasteiger partial charge in [-0.25, -0.2) is 14.8 Å². The number of hydrogen-bond donors (Lipinski definition) is 1. The second-order valence-electron chi connectivity index (χ2n) is 3.76. The van der Waals surface area contributed by atoms with Gasteiger partial charge in [-0.05, 0) is 13.0 Å². The van der Waals surface area contributed by atoms with E-state index in [-0.39, 0.29) is 5.82 Å². The van der Waals surface area contributed by atoms with Gasteiger partial charge in [0.1, 0.15) is 5.82 Å². The molecule has 0 spiro atoms. The van der Waals surface area contributed by atoms with Crippen LogP contribution in [0.3, 0.4) is 0 Å². The molecule has 2 aromatic rings. The SMILES string of the molecule is COC(=O)c1nccc(NCc2cnc(C)cn2)n1. The lowest BCUT2D eigenvalue weighted by Gasteiger charge is -2.05. The van der Waals surface area contributed by atoms with Crippen LogP contribution in [0.25, 0.3) is 0 Å². The van der Waals surface area contributed by atoms with Crippen molar-refractivity contribution in [3.8, 4) is 0 Å². The van der Waals surface area contributed by atoms with Gasteiger partial charge in [0.05, 0.1) is 31.2 Å². The molecule has 0 atom stereocenters. The Labute approximate surface area is 110 Å². The number of hydrogen-bond acceptors (Lipinski definition) is 7. The van der Waals surface area contributed by atoms with Gasteiger partial charge in [0.15, 0.2) is 0 Å². The predicted octanol–water partition coefficient (Wildman–Crippen LogP) is 0.974. The van der Waals surface area contributed by atoms with E-state index in [4.69, 9.17) is 0 Å². The van der Waals surface area contributed by atoms with Crippen LogP contribution in [0.5, 0.6) is 0 Å². The maximum absolute atomic E-state index is 11.3. The zero-order chi connectivity index (χ0) is 13.7. The molecule has 7 heteroatoms. The maximum Gasteiger partial charge on any atom is 0.376 e. The van der Waals surface area contributed by atoms with Crippen LogP contribution in [-0.4, -0.2) is 33.0 Å². The Morgan fingerprint density at radius 2 is 2.16 bits per heavy atom. The Balaban J connectivity index is 2.03. The second-order valence-corrected chi connectivity index (χ2v) is 3.76. The van der Waals surface area contributed by atoms with Crippen molar-refractivity contribution in [3.05, 3.63) is 41.9 Å². The standard InChI is InChI=1S/C12H13N5O2/c1-8-5-15-9(6-14-8)7-16-10-3-4-13-11(17-10)12(18)19-2/h3-6H,7H2,1-2H3,(H,13,16,17). The van der Waals surface area contributed by atoms with Crippen LogP contribution in [-0.2, 0) is 11.3 Å². The van der Waals surface area contributed by atoms with Crippen molar-refractivity contribution in [1.29, 1.82) is 0 Å². The third kappa shape index (κ3) is 3.44. The van der Waals surface area contributed by atoms with Crippen LogP contribution >= 0.6 is 0 Å². The van der Waals surface area contributed by atoms with Gasteiger partial charge in [-0.2, -0.15) is 0 Å². The highest BCUT2D eigenvalue weighted by Crippen LogP contribution is 2.05. The van der Waals surface area contributed by atoms with Gasteiger partial charge in [0.2, 0.25) is 5.82 Å². The van der Waals surface area contributed by atoms with Gasteiger partial charge in [-0.3, -0.25) is 9.97 Å². The number of aryl methyl sites for hydroxylation is 1. The zero-order valence-corrected chi connectivity index (χ0v) is 10.6. The highest BCUT2D eigenvalue weighted by Gasteiger charge is 2.09. The minimum absolute atomic E-state index is 0.0162. The summed E-state index contributed by atoms with van der Waals surface area (Å²) in [6.07, 6.45) is 4.87. The molecule has 0 aliphatic carbocycles. The first kappa shape index (κ1) is 12.9. The first-order chi connectivity index (χ1) is 9.19. The molecule has 7 nitrogen and oxygen atoms in total. The lowest BCUT2D eigenvalue weighted by atomic mass is 10.4. The summed E-state index contributed by atoms with van der Waals surface area (Å²) in [6, 6.07) is 1.66. The minimum Gasteiger partial charge on any atom is -0.463 e. The van der Waals surface area contributed by atoms with E-state index in [1.54, 1.807) is 18.5 Å². The first-order valence-electron chi connectivity index (χ1n) is 5.62. The van der Waals surface area contributed by atoms with Gasteiger partial charge in [-0.15, -0.1) is 0 Å². The molecule has 19 heavy (non-hydrogen) atoms. The number of ether oxygens (including phenoxy) is 1. The topological polar surface area (TPSA) is 89.9 Å². The highest BCUT2D eigenvalue weighted by atomic mass is 16.5. The van der Waals surface area contributed by atoms with Gasteiger partial charge in [-0.1, -0.05) is 0 Å². The summed E-state index contributed by atoms with van der Waals surface area (Å²) in [5.41, 5.74) is 1.64. The molecule has 0 bridgehead atoms. The molecule has 0 aliphatic heterocycles. The Hall–Kier alpha value is -2.57. The number of rotatable bonds is 4. The van der Waals surface area contributed by atoms with Crippen molar-refractivity contribution in [3.63, 3.8) is 0 Å². The molecular weight excluding hydrogens is 246 g/mol. The monoisotopic (exact) mass is 259 g/mol. The van der Waals surface area contributed by atoms with Crippen LogP contribution in [0.1, 0.15) is 22.0 Å². The van der Waals surface area contributed by atoms with Crippen molar-refractivity contribution in [2.24, 2.45) is 0 Å². The lowest BCUT2D eigenvalue weighted by molar-refractivity contribution is 0.0587. The average Bonchev–Trinajstić information content (AvgIpc) is 2.46. The van der Waals surface area contributed by atoms with E-state index in [0.29, 0.717) is 12.4 Å². The fourth-order valence-corrected chi connectivity index (χ4v) is 1.34. The number of nitrogens with zero attached hydrogens (tertiary/aromatic N) is 4. The van der Waals surface area contributed by atoms with E-state index in [1.807, 2.05) is 6.92 Å². The zero-order valence-electron chi connectivity index (χ0n) is 10.6. The normalized spacial score (nSPS) is 10.0. The summed E-state index contributed by atoms with van der Waals surface area (Å²) in [7, 11) is 1.29. The molecule has 2 aromatic heterocycles. The molecule has 2 rings (SSSR count). The number of carbonyl (C=O) groups is 1. The van der Waals surface area contributed by atoms with E-state index in [1.165, 1.54) is 13.3 Å². The molecule has 0 saturated heterocycles. The Morgan fingerprint density at radius 3 is 2.84 bits per heavy atom. The number of carbonyl (C=O) groups excluding carboxylic acids is 1. The Bertz CT molecular complexity index is 571. The van der Waals surface area contributed by atoms with Crippen molar-refractivity contribution >= 4 is 11.8 Å². The van der Waals surface area contributed by atoms with Crippen LogP contribution in [0.4, 0.5) is 5.82 Å². The summed E-state index contributed by atoms with van der Waals surface area (Å²) in [5.74, 6) is -0.0287. The number of nitrogens with one attached hydrogen (secondary N) is 1. The van der Waals surface area contributed by atoms with Gasteiger partial charge in [0.25, 0.3) is 0 Å². The number of esters is 1. The van der Waals surface area contributed by atoms with Gasteiger partial charge >= 0.3 is 5.97 Å². The molecule has 98 valence electrons. The van der Waals surface area contributed by atoms with Gasteiger partial charge in [0, 0.05) is 12.4 Å². The summed E-state index contributed by atoms with van der Waals surface area (Å²) >= 11 is 0. The molecular formula is C12H13N5O2. The van der Waals surface area contributed by atoms with Crippen molar-refractivity contribution < 1.29 is 9.53 Å². The van der Waals surface area contributed by atoms with E-state index in [0.717, 1.165) is 11.4 Å². The maximum atomic E-state index is 11.3. The van der Waals surface area contributed by atoms with Crippen molar-refractivity contribution in [2.45, 2.75) is 13.5 Å². The molecule has 1 N–H and O–H groups in total. The molecule has 0 fully saturated rings. The van der Waals surface area contributed by atoms with Crippen LogP contribution in [0.2, 0.25) is 0 Å². The van der Waals surface area contributed by atoms with Crippen LogP contribution in [0, 0.1) is 6.92 Å².